The fourth-order valence-electron chi connectivity index (χ4n) is 5.89. The van der Waals surface area contributed by atoms with Crippen LogP contribution in [0.1, 0.15) is 48.8 Å². The van der Waals surface area contributed by atoms with E-state index in [1.54, 1.807) is 11.3 Å². The number of fused-ring (bicyclic) bond motifs is 1. The molecule has 4 aromatic rings. The molecule has 0 fully saturated rings. The van der Waals surface area contributed by atoms with Crippen molar-refractivity contribution >= 4 is 68.5 Å². The minimum absolute atomic E-state index is 0. The highest BCUT2D eigenvalue weighted by Crippen LogP contribution is 2.48. The van der Waals surface area contributed by atoms with Gasteiger partial charge in [-0.2, -0.15) is 0 Å². The monoisotopic (exact) mass is 670 g/mol. The van der Waals surface area contributed by atoms with E-state index in [2.05, 4.69) is 140 Å². The molecule has 1 aromatic heterocycles. The summed E-state index contributed by atoms with van der Waals surface area (Å²) < 4.78 is 6.15. The van der Waals surface area contributed by atoms with E-state index in [-0.39, 0.29) is 33.8 Å². The van der Waals surface area contributed by atoms with Crippen molar-refractivity contribution in [1.82, 2.24) is 4.57 Å². The Labute approximate surface area is 272 Å². The van der Waals surface area contributed by atoms with Gasteiger partial charge in [-0.15, -0.1) is 28.3 Å². The Bertz CT molecular complexity index is 1860. The topological polar surface area (TPSA) is 28.2 Å². The summed E-state index contributed by atoms with van der Waals surface area (Å²) in [4.78, 5) is 15.8. The van der Waals surface area contributed by atoms with Crippen LogP contribution in [-0.2, 0) is 6.54 Å². The number of hydrogen-bond acceptors (Lipinski definition) is 4. The molecule has 6 rings (SSSR count). The second kappa shape index (κ2) is 13.9. The van der Waals surface area contributed by atoms with Crippen LogP contribution in [0.25, 0.3) is 17.7 Å². The van der Waals surface area contributed by atoms with Crippen molar-refractivity contribution in [1.29, 1.82) is 0 Å². The average molecular weight is 672 g/mol. The first-order valence-corrected chi connectivity index (χ1v) is 16.4. The molecule has 43 heavy (non-hydrogen) atoms. The predicted octanol–water partition coefficient (Wildman–Crippen LogP) is 7.17. The van der Waals surface area contributed by atoms with Gasteiger partial charge in [0.1, 0.15) is 16.5 Å². The third kappa shape index (κ3) is 6.17. The highest BCUT2D eigenvalue weighted by Gasteiger charge is 2.43. The molecule has 0 radical (unpaired) electrons. The number of thioether (sulfide) groups is 1. The van der Waals surface area contributed by atoms with Crippen molar-refractivity contribution in [3.05, 3.63) is 140 Å². The standard InChI is InChI=1S/C36H36N3OS2.BrH/c1-4-37-24-23-26(29-19-13-14-20-30(29)37)21-22-31-36(40)39(6-3)33(41-31)25-32-38(5-2)34(27-15-9-7-10-16-27)35(42-32)28-17-11-8-12-18-28;/h7-25,34-35H,4-6H2,1-3H3;1H/q+1;/b26-21+,31-22+;. The van der Waals surface area contributed by atoms with Crippen molar-refractivity contribution in [3.63, 3.8) is 0 Å². The third-order valence-corrected chi connectivity index (χ3v) is 10.4. The SMILES string of the molecule is Br.CCN1C=C/C(=C\C=c2\s/c(=C/C3=[N+](CC)C(c4ccccc4)C(c4ccccc4)S3)n(CC)c2=O)c2ccccc21. The summed E-state index contributed by atoms with van der Waals surface area (Å²) in [7, 11) is 0. The highest BCUT2D eigenvalue weighted by atomic mass is 79.9. The maximum absolute atomic E-state index is 13.6. The van der Waals surface area contributed by atoms with Gasteiger partial charge in [-0.3, -0.25) is 9.36 Å². The van der Waals surface area contributed by atoms with Crippen LogP contribution in [0.2, 0.25) is 0 Å². The Morgan fingerprint density at radius 3 is 2.19 bits per heavy atom. The summed E-state index contributed by atoms with van der Waals surface area (Å²) in [6, 6.07) is 30.3. The molecule has 0 bridgehead atoms. The second-order valence-electron chi connectivity index (χ2n) is 10.3. The lowest BCUT2D eigenvalue weighted by Crippen LogP contribution is -2.31. The zero-order chi connectivity index (χ0) is 29.1. The van der Waals surface area contributed by atoms with Crippen LogP contribution < -0.4 is 19.7 Å². The van der Waals surface area contributed by atoms with Gasteiger partial charge in [-0.25, -0.2) is 4.58 Å². The number of anilines is 1. The molecule has 0 aliphatic carbocycles. The molecule has 2 aliphatic heterocycles. The fourth-order valence-corrected chi connectivity index (χ4v) is 8.56. The zero-order valence-corrected chi connectivity index (χ0v) is 28.1. The van der Waals surface area contributed by atoms with E-state index in [0.29, 0.717) is 6.54 Å². The number of hydrogen-bond donors (Lipinski definition) is 0. The second-order valence-corrected chi connectivity index (χ2v) is 12.6. The maximum Gasteiger partial charge on any atom is 0.269 e. The summed E-state index contributed by atoms with van der Waals surface area (Å²) in [6.45, 7) is 8.86. The van der Waals surface area contributed by atoms with Crippen LogP contribution in [0.3, 0.4) is 0 Å². The summed E-state index contributed by atoms with van der Waals surface area (Å²) in [5, 5.41) is 1.47. The molecule has 0 saturated heterocycles. The van der Waals surface area contributed by atoms with Crippen LogP contribution >= 0.6 is 40.1 Å². The van der Waals surface area contributed by atoms with Crippen LogP contribution in [0.15, 0.2) is 108 Å². The number of nitrogens with zero attached hydrogens (tertiary/aromatic N) is 3. The Morgan fingerprint density at radius 2 is 1.51 bits per heavy atom. The van der Waals surface area contributed by atoms with Gasteiger partial charge in [-0.1, -0.05) is 84.9 Å². The van der Waals surface area contributed by atoms with E-state index in [1.165, 1.54) is 27.4 Å². The first kappa shape index (κ1) is 31.0. The van der Waals surface area contributed by atoms with E-state index >= 15 is 0 Å². The summed E-state index contributed by atoms with van der Waals surface area (Å²) in [6.07, 6.45) is 10.6. The average Bonchev–Trinajstić information content (AvgIpc) is 3.56. The Hall–Kier alpha value is -3.39. The van der Waals surface area contributed by atoms with Gasteiger partial charge in [0.2, 0.25) is 5.04 Å². The zero-order valence-electron chi connectivity index (χ0n) is 24.7. The summed E-state index contributed by atoms with van der Waals surface area (Å²) in [5.74, 6) is 0. The molecule has 2 aliphatic rings. The van der Waals surface area contributed by atoms with Gasteiger partial charge in [0.05, 0.1) is 10.6 Å². The van der Waals surface area contributed by atoms with Crippen molar-refractivity contribution in [3.8, 4) is 0 Å². The molecule has 2 atom stereocenters. The van der Waals surface area contributed by atoms with Crippen LogP contribution in [0.5, 0.6) is 0 Å². The van der Waals surface area contributed by atoms with Crippen molar-refractivity contribution < 1.29 is 4.58 Å². The lowest BCUT2D eigenvalue weighted by Gasteiger charge is -2.26. The van der Waals surface area contributed by atoms with Gasteiger partial charge in [0.15, 0.2) is 6.04 Å². The first-order chi connectivity index (χ1) is 20.6. The number of allylic oxidation sites excluding steroid dienone is 3. The van der Waals surface area contributed by atoms with Crippen LogP contribution in [0, 0.1) is 0 Å². The summed E-state index contributed by atoms with van der Waals surface area (Å²) in [5.41, 5.74) is 6.20. The number of likely N-dealkylation sites (N-methyl/N-ethyl adjacent to an activating group) is 1. The van der Waals surface area contributed by atoms with Gasteiger partial charge >= 0.3 is 0 Å². The molecule has 4 nitrogen and oxygen atoms in total. The molecule has 0 spiro atoms. The maximum atomic E-state index is 13.6. The fraction of sp³-hybridized carbons (Fsp3) is 0.222. The van der Waals surface area contributed by atoms with Gasteiger partial charge in [0.25, 0.3) is 5.56 Å². The predicted molar refractivity (Wildman–Crippen MR) is 191 cm³/mol. The van der Waals surface area contributed by atoms with E-state index in [4.69, 9.17) is 0 Å². The van der Waals surface area contributed by atoms with Crippen molar-refractivity contribution in [2.75, 3.05) is 18.0 Å². The molecule has 3 heterocycles. The quantitative estimate of drug-likeness (QED) is 0.195. The lowest BCUT2D eigenvalue weighted by molar-refractivity contribution is -0.562. The Morgan fingerprint density at radius 1 is 0.837 bits per heavy atom. The smallest absolute Gasteiger partial charge is 0.269 e. The molecule has 2 unspecified atom stereocenters. The molecular formula is C36H37BrN3OS2+. The molecule has 0 saturated carbocycles. The normalized spacial score (nSPS) is 19.7. The summed E-state index contributed by atoms with van der Waals surface area (Å²) >= 11 is 3.48. The number of rotatable bonds is 7. The highest BCUT2D eigenvalue weighted by molar-refractivity contribution is 8.93. The molecule has 7 heteroatoms. The minimum Gasteiger partial charge on any atom is -0.348 e. The van der Waals surface area contributed by atoms with Crippen molar-refractivity contribution in [2.45, 2.75) is 38.6 Å². The van der Waals surface area contributed by atoms with Gasteiger partial charge < -0.3 is 4.90 Å². The van der Waals surface area contributed by atoms with Gasteiger partial charge in [-0.05, 0) is 61.9 Å². The van der Waals surface area contributed by atoms with Crippen LogP contribution in [-0.4, -0.2) is 27.3 Å². The molecule has 220 valence electrons. The lowest BCUT2D eigenvalue weighted by atomic mass is 9.97. The Kier molecular flexibility index (Phi) is 10.1. The number of benzene rings is 3. The van der Waals surface area contributed by atoms with Crippen LogP contribution in [0.4, 0.5) is 5.69 Å². The van der Waals surface area contributed by atoms with Gasteiger partial charge in [0, 0.05) is 36.1 Å². The van der Waals surface area contributed by atoms with E-state index < -0.39 is 0 Å². The van der Waals surface area contributed by atoms with Crippen molar-refractivity contribution in [2.24, 2.45) is 0 Å². The number of thiazole rings is 1. The number of aromatic nitrogens is 1. The number of para-hydroxylation sites is 1. The molecule has 0 amide bonds. The van der Waals surface area contributed by atoms with E-state index in [9.17, 15) is 4.79 Å². The van der Waals surface area contributed by atoms with E-state index in [0.717, 1.165) is 27.9 Å². The molecule has 3 aromatic carbocycles. The third-order valence-electron chi connectivity index (χ3n) is 7.98. The largest absolute Gasteiger partial charge is 0.348 e. The first-order valence-electron chi connectivity index (χ1n) is 14.7. The van der Waals surface area contributed by atoms with E-state index in [1.807, 2.05) is 22.4 Å². The molecule has 0 N–H and O–H groups in total. The molecular weight excluding hydrogens is 634 g/mol. The minimum atomic E-state index is 0. The Balaban J connectivity index is 0.00000368. The number of halogens is 1.